The van der Waals surface area contributed by atoms with Gasteiger partial charge in [-0.25, -0.2) is 0 Å². The molecule has 1 aromatic heterocycles. The molecule has 2 aromatic carbocycles. The molecule has 7 heteroatoms. The Morgan fingerprint density at radius 3 is 2.34 bits per heavy atom. The topological polar surface area (TPSA) is 98.3 Å². The number of aliphatic hydroxyl groups is 4. The minimum Gasteiger partial charge on any atom is -0.394 e. The molecule has 7 nitrogen and oxygen atoms in total. The van der Waals surface area contributed by atoms with Crippen molar-refractivity contribution in [2.45, 2.75) is 56.8 Å². The Bertz CT molecular complexity index is 1270. The van der Waals surface area contributed by atoms with E-state index in [1.807, 2.05) is 6.07 Å². The molecule has 5 rings (SSSR count). The van der Waals surface area contributed by atoms with Crippen molar-refractivity contribution in [3.8, 4) is 11.8 Å². The van der Waals surface area contributed by atoms with Crippen molar-refractivity contribution in [3.63, 3.8) is 0 Å². The Hall–Kier alpha value is -2.44. The van der Waals surface area contributed by atoms with Crippen LogP contribution < -0.4 is 0 Å². The molecule has 3 aromatic rings. The maximum Gasteiger partial charge on any atom is 0.147 e. The fourth-order valence-corrected chi connectivity index (χ4v) is 5.36. The third kappa shape index (κ3) is 4.70. The number of rotatable bonds is 3. The van der Waals surface area contributed by atoms with Crippen LogP contribution in [-0.2, 0) is 11.3 Å². The van der Waals surface area contributed by atoms with E-state index in [9.17, 15) is 20.4 Å². The maximum atomic E-state index is 10.3. The van der Waals surface area contributed by atoms with Crippen molar-refractivity contribution in [2.24, 2.45) is 5.92 Å². The molecule has 5 atom stereocenters. The standard InChI is InChI=1S/C28H34N2O5/c1-17-3-6-20-21-7-4-18(5-8-24-26(32)28(34)27(33)25(16-31)35-24)14-23(21)30(22(20)13-17)15-19-9-11-29(2)12-10-19/h3-4,6-7,13-14,19,24-28,31-34H,9-12,15-16H2,1-2H3/t24-,25-,26-,27-,28-/m1/s1. The molecule has 2 aliphatic heterocycles. The largest absolute Gasteiger partial charge is 0.394 e. The highest BCUT2D eigenvalue weighted by Crippen LogP contribution is 2.32. The first-order chi connectivity index (χ1) is 16.9. The van der Waals surface area contributed by atoms with Gasteiger partial charge < -0.3 is 34.6 Å². The van der Waals surface area contributed by atoms with Crippen molar-refractivity contribution in [1.82, 2.24) is 9.47 Å². The highest BCUT2D eigenvalue weighted by atomic mass is 16.5. The average Bonchev–Trinajstić information content (AvgIpc) is 3.15. The summed E-state index contributed by atoms with van der Waals surface area (Å²) in [6, 6.07) is 12.7. The average molecular weight is 479 g/mol. The molecule has 2 saturated heterocycles. The lowest BCUT2D eigenvalue weighted by atomic mass is 9.95. The summed E-state index contributed by atoms with van der Waals surface area (Å²) >= 11 is 0. The predicted molar refractivity (Wildman–Crippen MR) is 135 cm³/mol. The molecule has 3 heterocycles. The van der Waals surface area contributed by atoms with Gasteiger partial charge in [0, 0.05) is 28.4 Å². The minimum atomic E-state index is -1.43. The second-order valence-electron chi connectivity index (χ2n) is 10.1. The van der Waals surface area contributed by atoms with Gasteiger partial charge in [0.2, 0.25) is 0 Å². The molecule has 186 valence electrons. The van der Waals surface area contributed by atoms with Crippen LogP contribution in [0.4, 0.5) is 0 Å². The van der Waals surface area contributed by atoms with Gasteiger partial charge in [0.15, 0.2) is 0 Å². The molecule has 0 bridgehead atoms. The Balaban J connectivity index is 1.50. The van der Waals surface area contributed by atoms with Crippen LogP contribution in [0.1, 0.15) is 24.0 Å². The molecule has 0 amide bonds. The second kappa shape index (κ2) is 9.90. The van der Waals surface area contributed by atoms with E-state index in [2.05, 4.69) is 65.6 Å². The number of piperidine rings is 1. The van der Waals surface area contributed by atoms with E-state index in [1.54, 1.807) is 0 Å². The Morgan fingerprint density at radius 1 is 0.943 bits per heavy atom. The number of aryl methyl sites for hydroxylation is 1. The summed E-state index contributed by atoms with van der Waals surface area (Å²) < 4.78 is 7.96. The summed E-state index contributed by atoms with van der Waals surface area (Å²) in [7, 11) is 2.18. The summed E-state index contributed by atoms with van der Waals surface area (Å²) in [6.07, 6.45) is -3.78. The lowest BCUT2D eigenvalue weighted by Crippen LogP contribution is -2.58. The lowest BCUT2D eigenvalue weighted by molar-refractivity contribution is -0.214. The first kappa shape index (κ1) is 24.3. The highest BCUT2D eigenvalue weighted by molar-refractivity contribution is 6.08. The van der Waals surface area contributed by atoms with Gasteiger partial charge in [-0.1, -0.05) is 30.0 Å². The van der Waals surface area contributed by atoms with E-state index in [0.717, 1.165) is 30.7 Å². The van der Waals surface area contributed by atoms with Gasteiger partial charge in [0.05, 0.1) is 12.1 Å². The number of likely N-dealkylation sites (tertiary alicyclic amines) is 1. The minimum absolute atomic E-state index is 0.467. The van der Waals surface area contributed by atoms with Crippen LogP contribution in [0.2, 0.25) is 0 Å². The lowest BCUT2D eigenvalue weighted by Gasteiger charge is -2.37. The van der Waals surface area contributed by atoms with Crippen LogP contribution in [0.3, 0.4) is 0 Å². The molecular formula is C28H34N2O5. The summed E-state index contributed by atoms with van der Waals surface area (Å²) in [6.45, 7) is 4.86. The quantitative estimate of drug-likeness (QED) is 0.428. The van der Waals surface area contributed by atoms with E-state index >= 15 is 0 Å². The Kier molecular flexibility index (Phi) is 6.86. The Morgan fingerprint density at radius 2 is 1.63 bits per heavy atom. The summed E-state index contributed by atoms with van der Waals surface area (Å²) in [5, 5.41) is 42.2. The summed E-state index contributed by atoms with van der Waals surface area (Å²) in [4.78, 5) is 2.39. The molecule has 0 saturated carbocycles. The predicted octanol–water partition coefficient (Wildman–Crippen LogP) is 1.64. The normalized spacial score (nSPS) is 28.3. The first-order valence-corrected chi connectivity index (χ1v) is 12.4. The van der Waals surface area contributed by atoms with Gasteiger partial charge in [-0.05, 0) is 69.6 Å². The Labute approximate surface area is 205 Å². The third-order valence-corrected chi connectivity index (χ3v) is 7.55. The van der Waals surface area contributed by atoms with Crippen LogP contribution in [0.15, 0.2) is 36.4 Å². The number of nitrogens with zero attached hydrogens (tertiary/aromatic N) is 2. The molecule has 4 N–H and O–H groups in total. The monoisotopic (exact) mass is 478 g/mol. The fraction of sp³-hybridized carbons (Fsp3) is 0.500. The van der Waals surface area contributed by atoms with Crippen LogP contribution in [-0.4, -0.2) is 87.2 Å². The number of hydrogen-bond donors (Lipinski definition) is 4. The number of aromatic nitrogens is 1. The number of fused-ring (bicyclic) bond motifs is 3. The van der Waals surface area contributed by atoms with Gasteiger partial charge >= 0.3 is 0 Å². The summed E-state index contributed by atoms with van der Waals surface area (Å²) in [5.74, 6) is 6.60. The van der Waals surface area contributed by atoms with E-state index in [0.29, 0.717) is 5.92 Å². The van der Waals surface area contributed by atoms with E-state index in [4.69, 9.17) is 4.74 Å². The molecule has 0 radical (unpaired) electrons. The number of benzene rings is 2. The maximum absolute atomic E-state index is 10.3. The van der Waals surface area contributed by atoms with Gasteiger partial charge in [-0.3, -0.25) is 0 Å². The molecule has 0 aliphatic carbocycles. The number of hydrogen-bond acceptors (Lipinski definition) is 6. The van der Waals surface area contributed by atoms with Crippen LogP contribution >= 0.6 is 0 Å². The SMILES string of the molecule is Cc1ccc2c3ccc(C#C[C@H]4O[C@H](CO)[C@@H](O)[C@H](O)[C@@H]4O)cc3n(CC3CCN(C)CC3)c2c1. The van der Waals surface area contributed by atoms with E-state index in [-0.39, 0.29) is 0 Å². The van der Waals surface area contributed by atoms with Gasteiger partial charge in [0.25, 0.3) is 0 Å². The van der Waals surface area contributed by atoms with E-state index in [1.165, 1.54) is 34.7 Å². The van der Waals surface area contributed by atoms with Crippen molar-refractivity contribution in [2.75, 3.05) is 26.7 Å². The zero-order chi connectivity index (χ0) is 24.7. The van der Waals surface area contributed by atoms with Gasteiger partial charge in [-0.15, -0.1) is 0 Å². The highest BCUT2D eigenvalue weighted by Gasteiger charge is 2.42. The number of aliphatic hydroxyl groups excluding tert-OH is 4. The molecule has 0 spiro atoms. The van der Waals surface area contributed by atoms with Crippen LogP contribution in [0.5, 0.6) is 0 Å². The first-order valence-electron chi connectivity index (χ1n) is 12.4. The zero-order valence-corrected chi connectivity index (χ0v) is 20.3. The smallest absolute Gasteiger partial charge is 0.147 e. The van der Waals surface area contributed by atoms with Gasteiger partial charge in [0.1, 0.15) is 30.5 Å². The fourth-order valence-electron chi connectivity index (χ4n) is 5.36. The van der Waals surface area contributed by atoms with Gasteiger partial charge in [-0.2, -0.15) is 0 Å². The molecule has 0 unspecified atom stereocenters. The van der Waals surface area contributed by atoms with Crippen molar-refractivity contribution in [1.29, 1.82) is 0 Å². The molecule has 2 fully saturated rings. The molecule has 35 heavy (non-hydrogen) atoms. The zero-order valence-electron chi connectivity index (χ0n) is 20.3. The van der Waals surface area contributed by atoms with Crippen molar-refractivity contribution in [3.05, 3.63) is 47.5 Å². The van der Waals surface area contributed by atoms with Crippen molar-refractivity contribution >= 4 is 21.8 Å². The molecular weight excluding hydrogens is 444 g/mol. The van der Waals surface area contributed by atoms with Crippen LogP contribution in [0, 0.1) is 24.7 Å². The summed E-state index contributed by atoms with van der Waals surface area (Å²) in [5.41, 5.74) is 4.37. The van der Waals surface area contributed by atoms with Crippen molar-refractivity contribution < 1.29 is 25.2 Å². The molecule has 2 aliphatic rings. The third-order valence-electron chi connectivity index (χ3n) is 7.55. The second-order valence-corrected chi connectivity index (χ2v) is 10.1. The van der Waals surface area contributed by atoms with Crippen LogP contribution in [0.25, 0.3) is 21.8 Å². The number of ether oxygens (including phenoxy) is 1. The van der Waals surface area contributed by atoms with E-state index < -0.39 is 37.1 Å².